The first kappa shape index (κ1) is 28.0. The number of carbonyl (C=O) groups is 2. The van der Waals surface area contributed by atoms with E-state index in [9.17, 15) is 23.5 Å². The lowest BCUT2D eigenvalue weighted by Crippen LogP contribution is -2.35. The number of nitrogens with zero attached hydrogens (tertiary/aromatic N) is 3. The molecule has 0 aliphatic carbocycles. The van der Waals surface area contributed by atoms with Gasteiger partial charge in [0.1, 0.15) is 17.4 Å². The summed E-state index contributed by atoms with van der Waals surface area (Å²) in [4.78, 5) is 26.3. The van der Waals surface area contributed by atoms with E-state index in [1.807, 2.05) is 55.1 Å². The van der Waals surface area contributed by atoms with Crippen LogP contribution in [-0.4, -0.2) is 39.9 Å². The first-order valence-electron chi connectivity index (χ1n) is 13.6. The summed E-state index contributed by atoms with van der Waals surface area (Å²) in [5, 5.41) is 13.5. The van der Waals surface area contributed by atoms with Crippen LogP contribution >= 0.6 is 0 Å². The Morgan fingerprint density at radius 1 is 1.07 bits per heavy atom. The number of hydrogen-bond donors (Lipinski definition) is 1. The Balaban J connectivity index is 1.29. The second-order valence-corrected chi connectivity index (χ2v) is 10.2. The number of aryl methyl sites for hydroxylation is 1. The van der Waals surface area contributed by atoms with E-state index in [0.29, 0.717) is 26.0 Å². The van der Waals surface area contributed by atoms with Gasteiger partial charge in [-0.15, -0.1) is 0 Å². The largest absolute Gasteiger partial charge is 0.493 e. The molecule has 0 fully saturated rings. The van der Waals surface area contributed by atoms with Crippen molar-refractivity contribution in [3.05, 3.63) is 100 Å². The molecule has 9 heteroatoms. The third-order valence-electron chi connectivity index (χ3n) is 7.58. The van der Waals surface area contributed by atoms with Crippen molar-refractivity contribution in [3.63, 3.8) is 0 Å². The van der Waals surface area contributed by atoms with Gasteiger partial charge in [0.2, 0.25) is 5.91 Å². The molecule has 1 aliphatic heterocycles. The van der Waals surface area contributed by atoms with Crippen LogP contribution in [0.3, 0.4) is 0 Å². The topological polar surface area (TPSA) is 84.7 Å². The zero-order valence-electron chi connectivity index (χ0n) is 23.0. The fourth-order valence-corrected chi connectivity index (χ4v) is 5.23. The van der Waals surface area contributed by atoms with Gasteiger partial charge in [0.05, 0.1) is 24.9 Å². The Hall–Kier alpha value is -4.53. The van der Waals surface area contributed by atoms with Gasteiger partial charge >= 0.3 is 5.97 Å². The maximum Gasteiger partial charge on any atom is 0.338 e. The number of aromatic carboxylic acids is 1. The summed E-state index contributed by atoms with van der Waals surface area (Å²) < 4.78 is 36.3. The van der Waals surface area contributed by atoms with E-state index in [2.05, 4.69) is 5.10 Å². The molecule has 0 saturated carbocycles. The maximum atomic E-state index is 14.7. The van der Waals surface area contributed by atoms with Gasteiger partial charge in [0.15, 0.2) is 0 Å². The zero-order chi connectivity index (χ0) is 29.1. The summed E-state index contributed by atoms with van der Waals surface area (Å²) in [7, 11) is 0. The number of aromatic nitrogens is 2. The van der Waals surface area contributed by atoms with Crippen molar-refractivity contribution in [1.82, 2.24) is 9.78 Å². The normalized spacial score (nSPS) is 12.7. The molecule has 0 spiro atoms. The lowest BCUT2D eigenvalue weighted by atomic mass is 9.93. The van der Waals surface area contributed by atoms with Crippen molar-refractivity contribution >= 4 is 17.6 Å². The molecule has 0 bridgehead atoms. The summed E-state index contributed by atoms with van der Waals surface area (Å²) in [5.74, 6) is -2.54. The summed E-state index contributed by atoms with van der Waals surface area (Å²) in [6.07, 6.45) is 5.83. The summed E-state index contributed by atoms with van der Waals surface area (Å²) in [6, 6.07) is 13.6. The third-order valence-corrected chi connectivity index (χ3v) is 7.58. The van der Waals surface area contributed by atoms with Gasteiger partial charge in [-0.05, 0) is 79.6 Å². The molecule has 5 rings (SSSR count). The van der Waals surface area contributed by atoms with Crippen LogP contribution in [0.1, 0.15) is 51.9 Å². The zero-order valence-corrected chi connectivity index (χ0v) is 23.0. The molecule has 1 aliphatic rings. The van der Waals surface area contributed by atoms with Crippen molar-refractivity contribution < 1.29 is 28.2 Å². The predicted octanol–water partition coefficient (Wildman–Crippen LogP) is 6.33. The van der Waals surface area contributed by atoms with Gasteiger partial charge in [-0.25, -0.2) is 13.6 Å². The lowest BCUT2D eigenvalue weighted by molar-refractivity contribution is -0.118. The Kier molecular flexibility index (Phi) is 8.14. The summed E-state index contributed by atoms with van der Waals surface area (Å²) >= 11 is 0. The van der Waals surface area contributed by atoms with E-state index in [-0.39, 0.29) is 18.0 Å². The number of amides is 1. The van der Waals surface area contributed by atoms with E-state index in [0.717, 1.165) is 64.2 Å². The van der Waals surface area contributed by atoms with Crippen LogP contribution in [-0.2, 0) is 17.8 Å². The second kappa shape index (κ2) is 11.9. The number of benzene rings is 3. The molecule has 1 aromatic heterocycles. The molecule has 3 aromatic carbocycles. The monoisotopic (exact) mass is 559 g/mol. The van der Waals surface area contributed by atoms with Crippen LogP contribution < -0.4 is 9.64 Å². The Morgan fingerprint density at radius 2 is 1.88 bits per heavy atom. The van der Waals surface area contributed by atoms with Gasteiger partial charge in [-0.2, -0.15) is 5.10 Å². The average Bonchev–Trinajstić information content (AvgIpc) is 3.43. The first-order chi connectivity index (χ1) is 19.7. The molecule has 1 amide bonds. The molecule has 0 saturated heterocycles. The number of anilines is 1. The lowest BCUT2D eigenvalue weighted by Gasteiger charge is -2.31. The molecule has 4 aromatic rings. The van der Waals surface area contributed by atoms with Crippen molar-refractivity contribution in [2.75, 3.05) is 18.1 Å². The minimum absolute atomic E-state index is 0.0348. The van der Waals surface area contributed by atoms with Crippen LogP contribution in [0.25, 0.3) is 11.1 Å². The number of halogens is 2. The van der Waals surface area contributed by atoms with Gasteiger partial charge < -0.3 is 14.7 Å². The van der Waals surface area contributed by atoms with Crippen LogP contribution in [0.2, 0.25) is 0 Å². The highest BCUT2D eigenvalue weighted by molar-refractivity contribution is 5.96. The quantitative estimate of drug-likeness (QED) is 0.242. The third kappa shape index (κ3) is 5.84. The molecular weight excluding hydrogens is 528 g/mol. The fourth-order valence-electron chi connectivity index (χ4n) is 5.23. The molecule has 7 nitrogen and oxygen atoms in total. The van der Waals surface area contributed by atoms with Gasteiger partial charge in [-0.3, -0.25) is 9.48 Å². The molecule has 0 radical (unpaired) electrons. The molecule has 0 atom stereocenters. The molecule has 0 unspecified atom stereocenters. The number of hydrogen-bond acceptors (Lipinski definition) is 4. The average molecular weight is 560 g/mol. The Labute approximate surface area is 237 Å². The van der Waals surface area contributed by atoms with Crippen LogP contribution in [0.15, 0.2) is 60.9 Å². The van der Waals surface area contributed by atoms with E-state index in [1.165, 1.54) is 4.68 Å². The highest BCUT2D eigenvalue weighted by Crippen LogP contribution is 2.36. The van der Waals surface area contributed by atoms with E-state index in [4.69, 9.17) is 4.74 Å². The van der Waals surface area contributed by atoms with Crippen molar-refractivity contribution in [3.8, 4) is 16.9 Å². The molecule has 1 N–H and O–H groups in total. The standard InChI is InChI=1S/C32H31F2N3O4/c1-20-7-3-11-29(21(20)2)41-16-6-12-30(38)37-15-5-9-24-23(8-4-10-28(24)37)22-17-35-36(18-22)19-26-27(33)14-13-25(31(26)34)32(39)40/h3-4,7-8,10-11,13-14,17-18H,5-6,9,12,15-16,19H2,1-2H3,(H,39,40). The highest BCUT2D eigenvalue weighted by Gasteiger charge is 2.25. The number of carboxylic acids is 1. The molecule has 41 heavy (non-hydrogen) atoms. The van der Waals surface area contributed by atoms with Gasteiger partial charge in [0.25, 0.3) is 0 Å². The summed E-state index contributed by atoms with van der Waals surface area (Å²) in [6.45, 7) is 4.88. The van der Waals surface area contributed by atoms with E-state index in [1.54, 1.807) is 12.4 Å². The second-order valence-electron chi connectivity index (χ2n) is 10.2. The smallest absolute Gasteiger partial charge is 0.338 e. The minimum atomic E-state index is -1.46. The van der Waals surface area contributed by atoms with Crippen molar-refractivity contribution in [2.45, 2.75) is 46.1 Å². The summed E-state index contributed by atoms with van der Waals surface area (Å²) in [5.41, 5.74) is 4.82. The van der Waals surface area contributed by atoms with E-state index < -0.39 is 23.2 Å². The first-order valence-corrected chi connectivity index (χ1v) is 13.6. The van der Waals surface area contributed by atoms with Crippen molar-refractivity contribution in [2.24, 2.45) is 0 Å². The van der Waals surface area contributed by atoms with Gasteiger partial charge in [-0.1, -0.05) is 24.3 Å². The number of carbonyl (C=O) groups excluding carboxylic acids is 1. The predicted molar refractivity (Wildman–Crippen MR) is 151 cm³/mol. The van der Waals surface area contributed by atoms with E-state index >= 15 is 0 Å². The molecular formula is C32H31F2N3O4. The molecule has 2 heterocycles. The van der Waals surface area contributed by atoms with Crippen molar-refractivity contribution in [1.29, 1.82) is 0 Å². The number of ether oxygens (including phenoxy) is 1. The van der Waals surface area contributed by atoms with Gasteiger partial charge in [0, 0.05) is 36.0 Å². The number of fused-ring (bicyclic) bond motifs is 1. The minimum Gasteiger partial charge on any atom is -0.493 e. The number of rotatable bonds is 9. The SMILES string of the molecule is Cc1cccc(OCCCC(=O)N2CCCc3c(-c4cnn(Cc5c(F)ccc(C(=O)O)c5F)c4)cccc32)c1C. The van der Waals surface area contributed by atoms with Crippen LogP contribution in [0, 0.1) is 25.5 Å². The highest BCUT2D eigenvalue weighted by atomic mass is 19.1. The maximum absolute atomic E-state index is 14.7. The fraction of sp³-hybridized carbons (Fsp3) is 0.281. The van der Waals surface area contributed by atoms with Crippen LogP contribution in [0.4, 0.5) is 14.5 Å². The Bertz CT molecular complexity index is 1610. The number of carboxylic acid groups (broad SMARTS) is 1. The van der Waals surface area contributed by atoms with Crippen LogP contribution in [0.5, 0.6) is 5.75 Å². The Morgan fingerprint density at radius 3 is 2.68 bits per heavy atom. The molecule has 212 valence electrons.